The van der Waals surface area contributed by atoms with Crippen LogP contribution in [0, 0.1) is 13.8 Å². The van der Waals surface area contributed by atoms with Crippen molar-refractivity contribution in [2.45, 2.75) is 13.8 Å². The Kier molecular flexibility index (Phi) is 9.45. The second-order valence-electron chi connectivity index (χ2n) is 3.82. The summed E-state index contributed by atoms with van der Waals surface area (Å²) in [5.74, 6) is 1.84. The molecule has 0 radical (unpaired) electrons. The molecule has 0 bridgehead atoms. The minimum absolute atomic E-state index is 0. The van der Waals surface area contributed by atoms with E-state index in [0.29, 0.717) is 0 Å². The van der Waals surface area contributed by atoms with Gasteiger partial charge in [-0.15, -0.1) is 34.0 Å². The van der Waals surface area contributed by atoms with Crippen LogP contribution in [0.5, 0.6) is 11.5 Å². The Morgan fingerprint density at radius 2 is 1.05 bits per heavy atom. The molecule has 0 spiro atoms. The van der Waals surface area contributed by atoms with Gasteiger partial charge in [0, 0.05) is 0 Å². The van der Waals surface area contributed by atoms with E-state index in [-0.39, 0.29) is 34.0 Å². The number of aryl methyl sites for hydroxylation is 2. The van der Waals surface area contributed by atoms with Crippen molar-refractivity contribution in [1.82, 2.24) is 0 Å². The fourth-order valence-corrected chi connectivity index (χ4v) is 2.51. The van der Waals surface area contributed by atoms with E-state index in [1.54, 1.807) is 0 Å². The summed E-state index contributed by atoms with van der Waals surface area (Å²) in [4.78, 5) is 0. The van der Waals surface area contributed by atoms with Crippen LogP contribution in [-0.2, 0) is 19.9 Å². The molecule has 0 aliphatic rings. The van der Waals surface area contributed by atoms with Gasteiger partial charge in [0.15, 0.2) is 0 Å². The molecule has 2 aromatic carbocycles. The molecule has 19 heavy (non-hydrogen) atoms. The molecule has 0 aliphatic carbocycles. The molecule has 0 amide bonds. The van der Waals surface area contributed by atoms with Crippen LogP contribution >= 0.6 is 34.0 Å². The molecule has 0 aliphatic heterocycles. The average molecular weight is 424 g/mol. The third-order valence-corrected chi connectivity index (χ3v) is 3.44. The molecule has 0 aromatic heterocycles. The predicted octanol–water partition coefficient (Wildman–Crippen LogP) is 4.83. The fraction of sp³-hybridized carbons (Fsp3) is 0.143. The summed E-state index contributed by atoms with van der Waals surface area (Å²) in [5, 5.41) is 0. The predicted molar refractivity (Wildman–Crippen MR) is 84.3 cm³/mol. The topological polar surface area (TPSA) is 18.5 Å². The second kappa shape index (κ2) is 9.59. The summed E-state index contributed by atoms with van der Waals surface area (Å²) in [5.41, 5.74) is 2.29. The molecule has 102 valence electrons. The summed E-state index contributed by atoms with van der Waals surface area (Å²) in [6.07, 6.45) is 0. The van der Waals surface area contributed by atoms with Gasteiger partial charge in [-0.05, 0) is 0 Å². The van der Waals surface area contributed by atoms with Crippen molar-refractivity contribution in [2.75, 3.05) is 0 Å². The molecular weight excluding hydrogens is 408 g/mol. The zero-order chi connectivity index (χ0) is 12.1. The molecule has 2 nitrogen and oxygen atoms in total. The first-order valence-corrected chi connectivity index (χ1v) is 6.75. The van der Waals surface area contributed by atoms with E-state index in [1.807, 2.05) is 62.4 Å². The Morgan fingerprint density at radius 3 is 1.42 bits per heavy atom. The van der Waals surface area contributed by atoms with Crippen LogP contribution in [-0.4, -0.2) is 0 Å². The summed E-state index contributed by atoms with van der Waals surface area (Å²) in [6, 6.07) is 16.0. The van der Waals surface area contributed by atoms with E-state index in [9.17, 15) is 0 Å². The van der Waals surface area contributed by atoms with Gasteiger partial charge in [-0.2, -0.15) is 0 Å². The van der Waals surface area contributed by atoms with Crippen molar-refractivity contribution < 1.29 is 26.6 Å². The molecule has 0 heterocycles. The third-order valence-electron chi connectivity index (χ3n) is 2.49. The quantitative estimate of drug-likeness (QED) is 0.656. The van der Waals surface area contributed by atoms with Gasteiger partial charge in [-0.1, -0.05) is 0 Å². The van der Waals surface area contributed by atoms with Crippen LogP contribution in [0.25, 0.3) is 0 Å². The van der Waals surface area contributed by atoms with Crippen LogP contribution in [0.3, 0.4) is 0 Å². The number of para-hydroxylation sites is 2. The van der Waals surface area contributed by atoms with E-state index in [4.69, 9.17) is 6.64 Å². The summed E-state index contributed by atoms with van der Waals surface area (Å²) < 4.78 is 11.4. The van der Waals surface area contributed by atoms with Crippen LogP contribution in [0.15, 0.2) is 48.5 Å². The third kappa shape index (κ3) is 5.70. The number of rotatable bonds is 4. The monoisotopic (exact) mass is 422 g/mol. The molecular formula is C14H16Br2O2Ti. The molecule has 5 heteroatoms. The van der Waals surface area contributed by atoms with E-state index in [0.717, 1.165) is 22.6 Å². The van der Waals surface area contributed by atoms with Gasteiger partial charge in [0.25, 0.3) is 0 Å². The second-order valence-corrected chi connectivity index (χ2v) is 4.72. The number of hydrogen-bond donors (Lipinski definition) is 0. The van der Waals surface area contributed by atoms with E-state index < -0.39 is 19.9 Å². The minimum atomic E-state index is -0.902. The Morgan fingerprint density at radius 1 is 0.684 bits per heavy atom. The van der Waals surface area contributed by atoms with Crippen molar-refractivity contribution in [3.05, 3.63) is 59.7 Å². The van der Waals surface area contributed by atoms with Crippen LogP contribution < -0.4 is 6.64 Å². The maximum atomic E-state index is 5.70. The number of hydrogen-bond acceptors (Lipinski definition) is 2. The molecule has 0 N–H and O–H groups in total. The van der Waals surface area contributed by atoms with Gasteiger partial charge >= 0.3 is 112 Å². The fourth-order valence-electron chi connectivity index (χ4n) is 1.45. The van der Waals surface area contributed by atoms with Crippen molar-refractivity contribution in [3.63, 3.8) is 0 Å². The normalized spacial score (nSPS) is 8.74. The first kappa shape index (κ1) is 18.7. The molecule has 0 saturated heterocycles. The number of halogens is 2. The first-order chi connectivity index (χ1) is 8.27. The van der Waals surface area contributed by atoms with Gasteiger partial charge in [0.05, 0.1) is 0 Å². The SMILES string of the molecule is Br.Br.Cc1ccccc1[O][Ti][O]c1ccccc1C. The standard InChI is InChI=1S/2C7H8O.2BrH.Ti/c2*1-6-4-2-3-5-7(6)8;;;/h2*2-5,8H,1H3;2*1H;/q;;;;+2/p-2. The molecule has 2 aromatic rings. The first-order valence-electron chi connectivity index (χ1n) is 5.47. The van der Waals surface area contributed by atoms with E-state index in [2.05, 4.69) is 0 Å². The van der Waals surface area contributed by atoms with Gasteiger partial charge in [-0.3, -0.25) is 0 Å². The zero-order valence-corrected chi connectivity index (χ0v) is 15.7. The van der Waals surface area contributed by atoms with Gasteiger partial charge in [-0.25, -0.2) is 0 Å². The molecule has 2 rings (SSSR count). The Labute approximate surface area is 144 Å². The van der Waals surface area contributed by atoms with Crippen molar-refractivity contribution in [2.24, 2.45) is 0 Å². The van der Waals surface area contributed by atoms with Crippen molar-refractivity contribution in [1.29, 1.82) is 0 Å². The summed E-state index contributed by atoms with van der Waals surface area (Å²) >= 11 is -0.902. The Balaban J connectivity index is 0.00000162. The Bertz CT molecular complexity index is 461. The van der Waals surface area contributed by atoms with E-state index in [1.165, 1.54) is 0 Å². The average Bonchev–Trinajstić information content (AvgIpc) is 2.34. The van der Waals surface area contributed by atoms with E-state index >= 15 is 0 Å². The summed E-state index contributed by atoms with van der Waals surface area (Å²) in [7, 11) is 0. The van der Waals surface area contributed by atoms with Gasteiger partial charge in [0.2, 0.25) is 0 Å². The van der Waals surface area contributed by atoms with Crippen molar-refractivity contribution >= 4 is 34.0 Å². The van der Waals surface area contributed by atoms with Gasteiger partial charge < -0.3 is 0 Å². The summed E-state index contributed by atoms with van der Waals surface area (Å²) in [6.45, 7) is 4.07. The maximum absolute atomic E-state index is 5.70. The number of benzene rings is 2. The van der Waals surface area contributed by atoms with Crippen molar-refractivity contribution in [3.8, 4) is 11.5 Å². The van der Waals surface area contributed by atoms with Gasteiger partial charge in [0.1, 0.15) is 0 Å². The molecule has 0 saturated carbocycles. The van der Waals surface area contributed by atoms with Crippen LogP contribution in [0.4, 0.5) is 0 Å². The zero-order valence-electron chi connectivity index (χ0n) is 10.8. The van der Waals surface area contributed by atoms with Crippen LogP contribution in [0.1, 0.15) is 11.1 Å². The molecule has 0 fully saturated rings. The molecule has 0 unspecified atom stereocenters. The Hall–Kier alpha value is -0.286. The van der Waals surface area contributed by atoms with Crippen LogP contribution in [0.2, 0.25) is 0 Å². The molecule has 0 atom stereocenters.